The molecule has 1 heterocycles. The number of hydrogen-bond donors (Lipinski definition) is 0. The van der Waals surface area contributed by atoms with E-state index in [1.54, 1.807) is 6.26 Å². The van der Waals surface area contributed by atoms with E-state index in [4.69, 9.17) is 4.42 Å². The Morgan fingerprint density at radius 2 is 1.71 bits per heavy atom. The summed E-state index contributed by atoms with van der Waals surface area (Å²) in [5.41, 5.74) is 0.966. The number of benzene rings is 2. The largest absolute Gasteiger partial charge is 0.463 e. The first-order valence-corrected chi connectivity index (χ1v) is 5.48. The van der Waals surface area contributed by atoms with Gasteiger partial charge in [0.15, 0.2) is 0 Å². The van der Waals surface area contributed by atoms with Crippen LogP contribution in [0.1, 0.15) is 0 Å². The van der Waals surface area contributed by atoms with Gasteiger partial charge in [-0.3, -0.25) is 0 Å². The van der Waals surface area contributed by atoms with Crippen LogP contribution in [0.25, 0.3) is 21.7 Å². The van der Waals surface area contributed by atoms with Gasteiger partial charge in [0, 0.05) is 5.39 Å². The van der Waals surface area contributed by atoms with Gasteiger partial charge < -0.3 is 4.42 Å². The van der Waals surface area contributed by atoms with Crippen LogP contribution in [0.15, 0.2) is 47.1 Å². The van der Waals surface area contributed by atoms with Crippen molar-refractivity contribution < 1.29 is 4.42 Å². The number of furan rings is 1. The number of hydrogen-bond acceptors (Lipinski definition) is 1. The van der Waals surface area contributed by atoms with Crippen molar-refractivity contribution in [2.24, 2.45) is 0 Å². The molecule has 0 N–H and O–H groups in total. The highest BCUT2D eigenvalue weighted by Crippen LogP contribution is 2.27. The van der Waals surface area contributed by atoms with Gasteiger partial charge in [-0.25, -0.2) is 0 Å². The van der Waals surface area contributed by atoms with Crippen LogP contribution in [0.4, 0.5) is 0 Å². The summed E-state index contributed by atoms with van der Waals surface area (Å²) in [6, 6.07) is 12.6. The van der Waals surface area contributed by atoms with Gasteiger partial charge in [0.25, 0.3) is 0 Å². The third-order valence-electron chi connectivity index (χ3n) is 2.39. The molecule has 0 fully saturated rings. The Morgan fingerprint density at radius 3 is 2.50 bits per heavy atom. The lowest BCUT2D eigenvalue weighted by Gasteiger charge is -1.96. The van der Waals surface area contributed by atoms with Crippen molar-refractivity contribution >= 4 is 44.3 Å². The van der Waals surface area contributed by atoms with Crippen LogP contribution in [-0.4, -0.2) is 0 Å². The average molecular weight is 294 g/mol. The Hall–Kier alpha value is -1.03. The van der Waals surface area contributed by atoms with Gasteiger partial charge in [-0.1, -0.05) is 24.3 Å². The molecule has 3 aromatic rings. The average Bonchev–Trinajstić information content (AvgIpc) is 2.57. The van der Waals surface area contributed by atoms with Crippen LogP contribution >= 0.6 is 22.6 Å². The standard InChI is InChI=1S/C12H7IO/c13-11-7-14-12-6-9-4-2-1-3-8(9)5-10(11)12/h1-7H. The molecule has 2 heteroatoms. The topological polar surface area (TPSA) is 13.1 Å². The Balaban J connectivity index is 2.54. The van der Waals surface area contributed by atoms with Crippen molar-refractivity contribution in [2.75, 3.05) is 0 Å². The molecule has 0 aliphatic heterocycles. The summed E-state index contributed by atoms with van der Waals surface area (Å²) in [6.07, 6.45) is 1.80. The Morgan fingerprint density at radius 1 is 1.00 bits per heavy atom. The Labute approximate surface area is 94.9 Å². The maximum atomic E-state index is 5.45. The molecule has 0 atom stereocenters. The molecule has 0 spiro atoms. The maximum absolute atomic E-state index is 5.45. The predicted molar refractivity (Wildman–Crippen MR) is 66.4 cm³/mol. The van der Waals surface area contributed by atoms with E-state index in [1.165, 1.54) is 19.7 Å². The molecule has 0 amide bonds. The summed E-state index contributed by atoms with van der Waals surface area (Å²) < 4.78 is 6.62. The molecule has 0 saturated heterocycles. The van der Waals surface area contributed by atoms with Gasteiger partial charge in [-0.05, 0) is 45.5 Å². The van der Waals surface area contributed by atoms with Crippen LogP contribution in [0.2, 0.25) is 0 Å². The third kappa shape index (κ3) is 1.14. The minimum Gasteiger partial charge on any atom is -0.463 e. The highest BCUT2D eigenvalue weighted by Gasteiger charge is 2.03. The molecule has 14 heavy (non-hydrogen) atoms. The molecule has 1 aromatic heterocycles. The molecule has 3 rings (SSSR count). The van der Waals surface area contributed by atoms with Gasteiger partial charge in [0.2, 0.25) is 0 Å². The first kappa shape index (κ1) is 8.29. The lowest BCUT2D eigenvalue weighted by molar-refractivity contribution is 0.614. The molecule has 0 unspecified atom stereocenters. The minimum absolute atomic E-state index is 0.966. The Kier molecular flexibility index (Phi) is 1.77. The molecule has 0 radical (unpaired) electrons. The number of fused-ring (bicyclic) bond motifs is 2. The second-order valence-electron chi connectivity index (χ2n) is 3.28. The maximum Gasteiger partial charge on any atom is 0.135 e. The van der Waals surface area contributed by atoms with Crippen molar-refractivity contribution in [1.29, 1.82) is 0 Å². The predicted octanol–water partition coefficient (Wildman–Crippen LogP) is 4.19. The zero-order chi connectivity index (χ0) is 9.54. The zero-order valence-corrected chi connectivity index (χ0v) is 9.49. The summed E-state index contributed by atoms with van der Waals surface area (Å²) >= 11 is 2.29. The second kappa shape index (κ2) is 2.98. The molecule has 0 aliphatic carbocycles. The molecule has 2 aromatic carbocycles. The van der Waals surface area contributed by atoms with Crippen LogP contribution in [-0.2, 0) is 0 Å². The molecular weight excluding hydrogens is 287 g/mol. The molecule has 1 nitrogen and oxygen atoms in total. The minimum atomic E-state index is 0.966. The van der Waals surface area contributed by atoms with E-state index in [1.807, 2.05) is 6.07 Å². The van der Waals surface area contributed by atoms with E-state index in [0.29, 0.717) is 0 Å². The van der Waals surface area contributed by atoms with E-state index in [2.05, 4.69) is 52.9 Å². The fourth-order valence-corrected chi connectivity index (χ4v) is 2.23. The van der Waals surface area contributed by atoms with Crippen LogP contribution in [0, 0.1) is 3.57 Å². The summed E-state index contributed by atoms with van der Waals surface area (Å²) in [5, 5.41) is 3.69. The van der Waals surface area contributed by atoms with Crippen LogP contribution in [0.3, 0.4) is 0 Å². The van der Waals surface area contributed by atoms with E-state index < -0.39 is 0 Å². The fraction of sp³-hybridized carbons (Fsp3) is 0. The highest BCUT2D eigenvalue weighted by atomic mass is 127. The summed E-state index contributed by atoms with van der Waals surface area (Å²) in [6.45, 7) is 0. The van der Waals surface area contributed by atoms with Crippen molar-refractivity contribution in [1.82, 2.24) is 0 Å². The molecular formula is C12H7IO. The van der Waals surface area contributed by atoms with E-state index in [9.17, 15) is 0 Å². The molecule has 0 bridgehead atoms. The zero-order valence-electron chi connectivity index (χ0n) is 7.33. The van der Waals surface area contributed by atoms with Gasteiger partial charge in [0.05, 0.1) is 3.57 Å². The summed E-state index contributed by atoms with van der Waals surface area (Å²) in [4.78, 5) is 0. The van der Waals surface area contributed by atoms with E-state index >= 15 is 0 Å². The fourth-order valence-electron chi connectivity index (χ4n) is 1.68. The lowest BCUT2D eigenvalue weighted by Crippen LogP contribution is -1.72. The van der Waals surface area contributed by atoms with Crippen LogP contribution < -0.4 is 0 Å². The van der Waals surface area contributed by atoms with Gasteiger partial charge in [-0.2, -0.15) is 0 Å². The van der Waals surface area contributed by atoms with Crippen molar-refractivity contribution in [3.8, 4) is 0 Å². The third-order valence-corrected chi connectivity index (χ3v) is 3.23. The van der Waals surface area contributed by atoms with Crippen molar-refractivity contribution in [2.45, 2.75) is 0 Å². The highest BCUT2D eigenvalue weighted by molar-refractivity contribution is 14.1. The van der Waals surface area contributed by atoms with E-state index in [0.717, 1.165) is 5.58 Å². The number of halogens is 1. The van der Waals surface area contributed by atoms with Gasteiger partial charge in [-0.15, -0.1) is 0 Å². The first-order valence-electron chi connectivity index (χ1n) is 4.40. The second-order valence-corrected chi connectivity index (χ2v) is 4.44. The monoisotopic (exact) mass is 294 g/mol. The molecule has 0 aliphatic rings. The first-order chi connectivity index (χ1) is 6.84. The summed E-state index contributed by atoms with van der Waals surface area (Å²) in [5.74, 6) is 0. The van der Waals surface area contributed by atoms with Crippen molar-refractivity contribution in [3.63, 3.8) is 0 Å². The van der Waals surface area contributed by atoms with Crippen molar-refractivity contribution in [3.05, 3.63) is 46.2 Å². The molecule has 68 valence electrons. The SMILES string of the molecule is Ic1coc2cc3ccccc3cc12. The normalized spacial score (nSPS) is 11.2. The Bertz CT molecular complexity index is 610. The van der Waals surface area contributed by atoms with E-state index in [-0.39, 0.29) is 0 Å². The van der Waals surface area contributed by atoms with Gasteiger partial charge >= 0.3 is 0 Å². The molecule has 0 saturated carbocycles. The van der Waals surface area contributed by atoms with Crippen LogP contribution in [0.5, 0.6) is 0 Å². The quantitative estimate of drug-likeness (QED) is 0.567. The lowest BCUT2D eigenvalue weighted by atomic mass is 10.1. The smallest absolute Gasteiger partial charge is 0.135 e. The number of rotatable bonds is 0. The van der Waals surface area contributed by atoms with Gasteiger partial charge in [0.1, 0.15) is 11.8 Å². The summed E-state index contributed by atoms with van der Waals surface area (Å²) in [7, 11) is 0.